The van der Waals surface area contributed by atoms with E-state index in [1.54, 1.807) is 11.8 Å². The van der Waals surface area contributed by atoms with Gasteiger partial charge in [-0.25, -0.2) is 0 Å². The Hall–Kier alpha value is -1.74. The minimum absolute atomic E-state index is 0.302. The number of carbonyl (C=O) groups is 1. The summed E-state index contributed by atoms with van der Waals surface area (Å²) in [6.45, 7) is 8.42. The molecule has 0 heterocycles. The maximum Gasteiger partial charge on any atom is 0.235 e. The smallest absolute Gasteiger partial charge is 0.235 e. The van der Waals surface area contributed by atoms with Crippen molar-refractivity contribution in [2.45, 2.75) is 37.8 Å². The number of aryl methyl sites for hydroxylation is 2. The van der Waals surface area contributed by atoms with E-state index in [-0.39, 0.29) is 11.2 Å². The fraction of sp³-hybridized carbons (Fsp3) is 0.278. The van der Waals surface area contributed by atoms with Gasteiger partial charge in [0.25, 0.3) is 0 Å². The van der Waals surface area contributed by atoms with Gasteiger partial charge in [0, 0.05) is 4.90 Å². The fourth-order valence-corrected chi connectivity index (χ4v) is 3.71. The zero-order valence-electron chi connectivity index (χ0n) is 12.9. The molecule has 2 aromatic carbocycles. The Morgan fingerprint density at radius 3 is 2.00 bits per heavy atom. The van der Waals surface area contributed by atoms with Crippen molar-refractivity contribution in [1.82, 2.24) is 0 Å². The van der Waals surface area contributed by atoms with Crippen molar-refractivity contribution in [3.63, 3.8) is 0 Å². The zero-order valence-corrected chi connectivity index (χ0v) is 13.8. The standard InChI is InChI=1S/C18H21NOS/c1-11-10-12(2)14(4)16(13(11)3)21-17(18(19)20)15-8-6-5-7-9-15/h5-10,17H,1-4H3,(H2,19,20)/t17-/m1/s1. The first-order valence-corrected chi connectivity index (χ1v) is 7.88. The van der Waals surface area contributed by atoms with Gasteiger partial charge in [0.05, 0.1) is 0 Å². The van der Waals surface area contributed by atoms with E-state index in [2.05, 4.69) is 33.8 Å². The second-order valence-electron chi connectivity index (χ2n) is 5.40. The molecule has 1 atom stereocenters. The van der Waals surface area contributed by atoms with Gasteiger partial charge in [0.2, 0.25) is 5.91 Å². The van der Waals surface area contributed by atoms with Crippen LogP contribution in [0.25, 0.3) is 0 Å². The van der Waals surface area contributed by atoms with Crippen LogP contribution in [0.3, 0.4) is 0 Å². The molecule has 1 amide bonds. The fourth-order valence-electron chi connectivity index (χ4n) is 2.39. The Bertz CT molecular complexity index is 638. The molecule has 110 valence electrons. The van der Waals surface area contributed by atoms with E-state index in [1.807, 2.05) is 30.3 Å². The number of nitrogens with two attached hydrogens (primary N) is 1. The largest absolute Gasteiger partial charge is 0.368 e. The summed E-state index contributed by atoms with van der Waals surface area (Å²) in [5, 5.41) is -0.357. The van der Waals surface area contributed by atoms with Gasteiger partial charge in [-0.05, 0) is 55.5 Å². The number of rotatable bonds is 4. The lowest BCUT2D eigenvalue weighted by Crippen LogP contribution is -2.19. The number of thioether (sulfide) groups is 1. The summed E-state index contributed by atoms with van der Waals surface area (Å²) < 4.78 is 0. The van der Waals surface area contributed by atoms with Gasteiger partial charge >= 0.3 is 0 Å². The summed E-state index contributed by atoms with van der Waals surface area (Å²) in [6.07, 6.45) is 0. The van der Waals surface area contributed by atoms with Crippen LogP contribution < -0.4 is 5.73 Å². The Morgan fingerprint density at radius 2 is 1.52 bits per heavy atom. The SMILES string of the molecule is Cc1cc(C)c(C)c(S[C@@H](C(N)=O)c2ccccc2)c1C. The second kappa shape index (κ2) is 6.35. The van der Waals surface area contributed by atoms with Crippen molar-refractivity contribution in [2.24, 2.45) is 5.73 Å². The van der Waals surface area contributed by atoms with Gasteiger partial charge < -0.3 is 5.73 Å². The number of hydrogen-bond donors (Lipinski definition) is 1. The first-order chi connectivity index (χ1) is 9.91. The van der Waals surface area contributed by atoms with Crippen LogP contribution in [-0.2, 0) is 4.79 Å². The van der Waals surface area contributed by atoms with Crippen molar-refractivity contribution in [2.75, 3.05) is 0 Å². The van der Waals surface area contributed by atoms with Gasteiger partial charge in [-0.1, -0.05) is 36.4 Å². The zero-order chi connectivity index (χ0) is 15.6. The highest BCUT2D eigenvalue weighted by molar-refractivity contribution is 8.00. The van der Waals surface area contributed by atoms with Crippen molar-refractivity contribution in [3.05, 3.63) is 64.2 Å². The average Bonchev–Trinajstić information content (AvgIpc) is 2.46. The van der Waals surface area contributed by atoms with Gasteiger partial charge in [-0.3, -0.25) is 4.79 Å². The second-order valence-corrected chi connectivity index (χ2v) is 6.52. The summed E-state index contributed by atoms with van der Waals surface area (Å²) in [6, 6.07) is 11.9. The molecule has 0 bridgehead atoms. The van der Waals surface area contributed by atoms with Crippen LogP contribution in [0.5, 0.6) is 0 Å². The third-order valence-electron chi connectivity index (χ3n) is 3.89. The molecule has 2 rings (SSSR count). The molecule has 2 N–H and O–H groups in total. The van der Waals surface area contributed by atoms with Crippen molar-refractivity contribution >= 4 is 17.7 Å². The summed E-state index contributed by atoms with van der Waals surface area (Å²) in [5.41, 5.74) is 11.5. The molecule has 3 heteroatoms. The number of hydrogen-bond acceptors (Lipinski definition) is 2. The van der Waals surface area contributed by atoms with Crippen LogP contribution >= 0.6 is 11.8 Å². The lowest BCUT2D eigenvalue weighted by Gasteiger charge is -2.19. The van der Waals surface area contributed by atoms with Crippen LogP contribution in [0.15, 0.2) is 41.3 Å². The first-order valence-electron chi connectivity index (χ1n) is 7.00. The van der Waals surface area contributed by atoms with Crippen LogP contribution in [-0.4, -0.2) is 5.91 Å². The number of primary amides is 1. The lowest BCUT2D eigenvalue weighted by molar-refractivity contribution is -0.117. The summed E-state index contributed by atoms with van der Waals surface area (Å²) in [5.74, 6) is -0.302. The molecular formula is C18H21NOS. The minimum Gasteiger partial charge on any atom is -0.368 e. The molecule has 0 aliphatic carbocycles. The Balaban J connectivity index is 2.46. The van der Waals surface area contributed by atoms with Crippen molar-refractivity contribution in [1.29, 1.82) is 0 Å². The first kappa shape index (κ1) is 15.6. The van der Waals surface area contributed by atoms with Gasteiger partial charge in [0.15, 0.2) is 0 Å². The number of benzene rings is 2. The van der Waals surface area contributed by atoms with Gasteiger partial charge in [0.1, 0.15) is 5.25 Å². The molecule has 0 saturated carbocycles. The molecule has 0 unspecified atom stereocenters. The van der Waals surface area contributed by atoms with E-state index in [0.29, 0.717) is 0 Å². The Labute approximate surface area is 130 Å². The molecule has 0 spiro atoms. The Morgan fingerprint density at radius 1 is 1.00 bits per heavy atom. The monoisotopic (exact) mass is 299 g/mol. The quantitative estimate of drug-likeness (QED) is 0.858. The molecular weight excluding hydrogens is 278 g/mol. The lowest BCUT2D eigenvalue weighted by atomic mass is 10.0. The predicted molar refractivity (Wildman–Crippen MR) is 89.6 cm³/mol. The third-order valence-corrected chi connectivity index (χ3v) is 5.48. The topological polar surface area (TPSA) is 43.1 Å². The van der Waals surface area contributed by atoms with E-state index in [0.717, 1.165) is 5.56 Å². The predicted octanol–water partition coefficient (Wildman–Crippen LogP) is 4.24. The molecule has 0 aromatic heterocycles. The van der Waals surface area contributed by atoms with Gasteiger partial charge in [-0.15, -0.1) is 11.8 Å². The summed E-state index contributed by atoms with van der Waals surface area (Å²) >= 11 is 1.56. The molecule has 2 nitrogen and oxygen atoms in total. The molecule has 0 aliphatic heterocycles. The average molecular weight is 299 g/mol. The van der Waals surface area contributed by atoms with E-state index >= 15 is 0 Å². The van der Waals surface area contributed by atoms with Crippen LogP contribution in [0.2, 0.25) is 0 Å². The van der Waals surface area contributed by atoms with E-state index < -0.39 is 0 Å². The highest BCUT2D eigenvalue weighted by atomic mass is 32.2. The highest BCUT2D eigenvalue weighted by Gasteiger charge is 2.22. The molecule has 0 radical (unpaired) electrons. The molecule has 0 aliphatic rings. The van der Waals surface area contributed by atoms with Crippen molar-refractivity contribution < 1.29 is 4.79 Å². The van der Waals surface area contributed by atoms with Crippen LogP contribution in [0.4, 0.5) is 0 Å². The molecule has 0 saturated heterocycles. The Kier molecular flexibility index (Phi) is 4.73. The molecule has 21 heavy (non-hydrogen) atoms. The van der Waals surface area contributed by atoms with E-state index in [9.17, 15) is 4.79 Å². The number of amides is 1. The maximum atomic E-state index is 11.9. The van der Waals surface area contributed by atoms with Gasteiger partial charge in [-0.2, -0.15) is 0 Å². The van der Waals surface area contributed by atoms with Crippen molar-refractivity contribution in [3.8, 4) is 0 Å². The van der Waals surface area contributed by atoms with E-state index in [1.165, 1.54) is 27.1 Å². The number of carbonyl (C=O) groups excluding carboxylic acids is 1. The normalized spacial score (nSPS) is 12.2. The summed E-state index contributed by atoms with van der Waals surface area (Å²) in [7, 11) is 0. The van der Waals surface area contributed by atoms with Crippen LogP contribution in [0, 0.1) is 27.7 Å². The minimum atomic E-state index is -0.357. The third kappa shape index (κ3) is 3.30. The van der Waals surface area contributed by atoms with Crippen LogP contribution in [0.1, 0.15) is 33.1 Å². The summed E-state index contributed by atoms with van der Waals surface area (Å²) in [4.78, 5) is 13.1. The molecule has 0 fully saturated rings. The molecule has 2 aromatic rings. The highest BCUT2D eigenvalue weighted by Crippen LogP contribution is 2.40. The maximum absolute atomic E-state index is 11.9. The van der Waals surface area contributed by atoms with E-state index in [4.69, 9.17) is 5.73 Å².